The van der Waals surface area contributed by atoms with Crippen LogP contribution in [0.5, 0.6) is 0 Å². The SMILES string of the molecule is Nc1cn(CCCN2CCOCC2)c2ccccc12. The number of para-hydroxylation sites is 1. The summed E-state index contributed by atoms with van der Waals surface area (Å²) in [7, 11) is 0. The number of morpholine rings is 1. The van der Waals surface area contributed by atoms with Crippen LogP contribution in [-0.2, 0) is 11.3 Å². The van der Waals surface area contributed by atoms with E-state index in [1.54, 1.807) is 0 Å². The number of aromatic nitrogens is 1. The molecule has 0 atom stereocenters. The van der Waals surface area contributed by atoms with Crippen molar-refractivity contribution in [2.24, 2.45) is 0 Å². The van der Waals surface area contributed by atoms with Crippen LogP contribution >= 0.6 is 0 Å². The van der Waals surface area contributed by atoms with Crippen LogP contribution in [0.4, 0.5) is 5.69 Å². The van der Waals surface area contributed by atoms with Gasteiger partial charge in [-0.2, -0.15) is 0 Å². The molecule has 1 saturated heterocycles. The molecule has 0 unspecified atom stereocenters. The Hall–Kier alpha value is -1.52. The van der Waals surface area contributed by atoms with E-state index in [1.807, 2.05) is 6.07 Å². The minimum Gasteiger partial charge on any atom is -0.397 e. The summed E-state index contributed by atoms with van der Waals surface area (Å²) >= 11 is 0. The van der Waals surface area contributed by atoms with Crippen LogP contribution in [0.3, 0.4) is 0 Å². The first-order chi connectivity index (χ1) is 9.34. The summed E-state index contributed by atoms with van der Waals surface area (Å²) in [5.74, 6) is 0. The largest absolute Gasteiger partial charge is 0.397 e. The van der Waals surface area contributed by atoms with Crippen molar-refractivity contribution in [2.45, 2.75) is 13.0 Å². The van der Waals surface area contributed by atoms with E-state index >= 15 is 0 Å². The molecule has 0 saturated carbocycles. The van der Waals surface area contributed by atoms with E-state index in [-0.39, 0.29) is 0 Å². The molecule has 0 amide bonds. The molecule has 4 nitrogen and oxygen atoms in total. The smallest absolute Gasteiger partial charge is 0.0594 e. The average molecular weight is 259 g/mol. The van der Waals surface area contributed by atoms with Crippen LogP contribution in [0.15, 0.2) is 30.5 Å². The van der Waals surface area contributed by atoms with Gasteiger partial charge in [-0.25, -0.2) is 0 Å². The van der Waals surface area contributed by atoms with Crippen molar-refractivity contribution in [3.05, 3.63) is 30.5 Å². The Bertz CT molecular complexity index is 543. The predicted molar refractivity (Wildman–Crippen MR) is 78.2 cm³/mol. The maximum Gasteiger partial charge on any atom is 0.0594 e. The van der Waals surface area contributed by atoms with Gasteiger partial charge in [0, 0.05) is 37.8 Å². The molecule has 2 aromatic rings. The molecular weight excluding hydrogens is 238 g/mol. The van der Waals surface area contributed by atoms with Gasteiger partial charge < -0.3 is 15.0 Å². The van der Waals surface area contributed by atoms with Gasteiger partial charge in [0.05, 0.1) is 24.4 Å². The molecule has 4 heteroatoms. The van der Waals surface area contributed by atoms with E-state index in [2.05, 4.69) is 33.9 Å². The number of nitrogens with two attached hydrogens (primary N) is 1. The summed E-state index contributed by atoms with van der Waals surface area (Å²) in [4.78, 5) is 2.47. The van der Waals surface area contributed by atoms with Crippen LogP contribution in [0, 0.1) is 0 Å². The highest BCUT2D eigenvalue weighted by molar-refractivity contribution is 5.91. The lowest BCUT2D eigenvalue weighted by Crippen LogP contribution is -2.37. The zero-order valence-electron chi connectivity index (χ0n) is 11.2. The van der Waals surface area contributed by atoms with Gasteiger partial charge in [-0.3, -0.25) is 4.90 Å². The lowest BCUT2D eigenvalue weighted by atomic mass is 10.2. The van der Waals surface area contributed by atoms with E-state index in [9.17, 15) is 0 Å². The molecule has 0 aliphatic carbocycles. The zero-order chi connectivity index (χ0) is 13.1. The van der Waals surface area contributed by atoms with Crippen molar-refractivity contribution in [3.8, 4) is 0 Å². The Morgan fingerprint density at radius 3 is 2.74 bits per heavy atom. The van der Waals surface area contributed by atoms with Crippen molar-refractivity contribution >= 4 is 16.6 Å². The molecule has 1 fully saturated rings. The predicted octanol–water partition coefficient (Wildman–Crippen LogP) is 1.95. The lowest BCUT2D eigenvalue weighted by Gasteiger charge is -2.26. The van der Waals surface area contributed by atoms with Crippen molar-refractivity contribution in [2.75, 3.05) is 38.6 Å². The zero-order valence-corrected chi connectivity index (χ0v) is 11.2. The number of ether oxygens (including phenoxy) is 1. The van der Waals surface area contributed by atoms with E-state index < -0.39 is 0 Å². The van der Waals surface area contributed by atoms with E-state index in [0.717, 1.165) is 56.9 Å². The molecule has 0 bridgehead atoms. The molecule has 19 heavy (non-hydrogen) atoms. The van der Waals surface area contributed by atoms with E-state index in [0.29, 0.717) is 0 Å². The standard InChI is InChI=1S/C15H21N3O/c16-14-12-18(15-5-2-1-4-13(14)15)7-3-6-17-8-10-19-11-9-17/h1-2,4-5,12H,3,6-11,16H2. The fourth-order valence-electron chi connectivity index (χ4n) is 2.75. The normalized spacial score (nSPS) is 17.1. The second kappa shape index (κ2) is 5.63. The molecule has 1 aliphatic rings. The molecule has 1 aliphatic heterocycles. The van der Waals surface area contributed by atoms with Crippen molar-refractivity contribution in [3.63, 3.8) is 0 Å². The number of anilines is 1. The van der Waals surface area contributed by atoms with Gasteiger partial charge in [-0.15, -0.1) is 0 Å². The highest BCUT2D eigenvalue weighted by atomic mass is 16.5. The summed E-state index contributed by atoms with van der Waals surface area (Å²) in [6, 6.07) is 8.33. The molecule has 102 valence electrons. The molecule has 1 aromatic carbocycles. The first-order valence-corrected chi connectivity index (χ1v) is 6.98. The Morgan fingerprint density at radius 1 is 1.11 bits per heavy atom. The monoisotopic (exact) mass is 259 g/mol. The van der Waals surface area contributed by atoms with Crippen molar-refractivity contribution < 1.29 is 4.74 Å². The summed E-state index contributed by atoms with van der Waals surface area (Å²) in [5.41, 5.74) is 8.16. The fraction of sp³-hybridized carbons (Fsp3) is 0.467. The summed E-state index contributed by atoms with van der Waals surface area (Å²) in [6.07, 6.45) is 3.21. The molecular formula is C15H21N3O. The number of nitrogen functional groups attached to an aromatic ring is 1. The molecule has 2 N–H and O–H groups in total. The van der Waals surface area contributed by atoms with Gasteiger partial charge in [0.25, 0.3) is 0 Å². The van der Waals surface area contributed by atoms with Gasteiger partial charge in [-0.05, 0) is 12.5 Å². The van der Waals surface area contributed by atoms with E-state index in [4.69, 9.17) is 10.5 Å². The van der Waals surface area contributed by atoms with Gasteiger partial charge in [0.2, 0.25) is 0 Å². The highest BCUT2D eigenvalue weighted by Gasteiger charge is 2.10. The summed E-state index contributed by atoms with van der Waals surface area (Å²) in [6.45, 7) is 6.03. The number of hydrogen-bond donors (Lipinski definition) is 1. The minimum atomic E-state index is 0.874. The Labute approximate surface area is 113 Å². The molecule has 2 heterocycles. The highest BCUT2D eigenvalue weighted by Crippen LogP contribution is 2.23. The van der Waals surface area contributed by atoms with Crippen LogP contribution in [0.1, 0.15) is 6.42 Å². The number of fused-ring (bicyclic) bond motifs is 1. The lowest BCUT2D eigenvalue weighted by molar-refractivity contribution is 0.0370. The maximum atomic E-state index is 6.04. The summed E-state index contributed by atoms with van der Waals surface area (Å²) < 4.78 is 7.63. The Kier molecular flexibility index (Phi) is 3.71. The maximum absolute atomic E-state index is 6.04. The van der Waals surface area contributed by atoms with Crippen LogP contribution in [0.2, 0.25) is 0 Å². The third-order valence-corrected chi connectivity index (χ3v) is 3.80. The summed E-state index contributed by atoms with van der Waals surface area (Å²) in [5, 5.41) is 1.16. The number of hydrogen-bond acceptors (Lipinski definition) is 3. The first-order valence-electron chi connectivity index (χ1n) is 6.98. The van der Waals surface area contributed by atoms with Crippen molar-refractivity contribution in [1.29, 1.82) is 0 Å². The number of nitrogens with zero attached hydrogens (tertiary/aromatic N) is 2. The quantitative estimate of drug-likeness (QED) is 0.912. The van der Waals surface area contributed by atoms with Crippen molar-refractivity contribution in [1.82, 2.24) is 9.47 Å². The topological polar surface area (TPSA) is 43.4 Å². The third-order valence-electron chi connectivity index (χ3n) is 3.80. The second-order valence-electron chi connectivity index (χ2n) is 5.10. The van der Waals surface area contributed by atoms with Gasteiger partial charge >= 0.3 is 0 Å². The third kappa shape index (κ3) is 2.74. The second-order valence-corrected chi connectivity index (χ2v) is 5.10. The molecule has 1 aromatic heterocycles. The Morgan fingerprint density at radius 2 is 1.89 bits per heavy atom. The fourth-order valence-corrected chi connectivity index (χ4v) is 2.75. The number of aryl methyl sites for hydroxylation is 1. The molecule has 0 radical (unpaired) electrons. The van der Waals surface area contributed by atoms with Crippen LogP contribution in [0.25, 0.3) is 10.9 Å². The van der Waals surface area contributed by atoms with Gasteiger partial charge in [-0.1, -0.05) is 18.2 Å². The van der Waals surface area contributed by atoms with Gasteiger partial charge in [0.15, 0.2) is 0 Å². The Balaban J connectivity index is 1.62. The van der Waals surface area contributed by atoms with E-state index in [1.165, 1.54) is 5.52 Å². The van der Waals surface area contributed by atoms with Gasteiger partial charge in [0.1, 0.15) is 0 Å². The minimum absolute atomic E-state index is 0.874. The molecule has 3 rings (SSSR count). The average Bonchev–Trinajstić information content (AvgIpc) is 2.78. The number of benzene rings is 1. The molecule has 0 spiro atoms. The van der Waals surface area contributed by atoms with Crippen LogP contribution in [-0.4, -0.2) is 42.3 Å². The number of rotatable bonds is 4. The van der Waals surface area contributed by atoms with Crippen LogP contribution < -0.4 is 5.73 Å². The first kappa shape index (κ1) is 12.5.